The molecule has 2 amide bonds. The van der Waals surface area contributed by atoms with Gasteiger partial charge in [0.15, 0.2) is 0 Å². The first kappa shape index (κ1) is 28.6. The quantitative estimate of drug-likeness (QED) is 0.227. The number of carbonyl (C=O) groups excluding carboxylic acids is 1. The van der Waals surface area contributed by atoms with Crippen molar-refractivity contribution in [1.82, 2.24) is 14.5 Å². The van der Waals surface area contributed by atoms with Crippen LogP contribution >= 0.6 is 0 Å². The van der Waals surface area contributed by atoms with Crippen LogP contribution in [0.25, 0.3) is 11.0 Å². The SMILES string of the molecule is Cc1ccc(CC(=O)NCC(Cc2ccc(C)cc2)n2/c(=N\C(=O)O)n(Cc3ccc(C)cc3)c3ccccc32)cc1. The highest BCUT2D eigenvalue weighted by Gasteiger charge is 2.22. The Morgan fingerprint density at radius 1 is 0.738 bits per heavy atom. The number of nitrogens with zero attached hydrogens (tertiary/aromatic N) is 3. The zero-order valence-electron chi connectivity index (χ0n) is 24.2. The van der Waals surface area contributed by atoms with Gasteiger partial charge in [0.1, 0.15) is 0 Å². The maximum absolute atomic E-state index is 13.1. The maximum atomic E-state index is 13.1. The third-order valence-electron chi connectivity index (χ3n) is 7.52. The molecule has 0 saturated carbocycles. The first-order chi connectivity index (χ1) is 20.3. The summed E-state index contributed by atoms with van der Waals surface area (Å²) in [6.07, 6.45) is -0.422. The predicted molar refractivity (Wildman–Crippen MR) is 166 cm³/mol. The lowest BCUT2D eigenvalue weighted by Gasteiger charge is -2.21. The van der Waals surface area contributed by atoms with Gasteiger partial charge in [0.05, 0.1) is 30.0 Å². The van der Waals surface area contributed by atoms with Gasteiger partial charge < -0.3 is 19.6 Å². The van der Waals surface area contributed by atoms with Crippen molar-refractivity contribution in [2.24, 2.45) is 4.99 Å². The normalized spacial score (nSPS) is 12.4. The molecule has 0 bridgehead atoms. The molecule has 0 fully saturated rings. The Hall–Kier alpha value is -4.91. The molecule has 1 aromatic heterocycles. The number of rotatable bonds is 9. The van der Waals surface area contributed by atoms with Crippen molar-refractivity contribution in [3.8, 4) is 0 Å². The van der Waals surface area contributed by atoms with Gasteiger partial charge in [0.2, 0.25) is 11.5 Å². The molecule has 1 heterocycles. The van der Waals surface area contributed by atoms with Crippen molar-refractivity contribution in [2.75, 3.05) is 6.54 Å². The van der Waals surface area contributed by atoms with Crippen LogP contribution in [0, 0.1) is 20.8 Å². The molecule has 7 heteroatoms. The summed E-state index contributed by atoms with van der Waals surface area (Å²) < 4.78 is 3.92. The fourth-order valence-electron chi connectivity index (χ4n) is 5.27. The van der Waals surface area contributed by atoms with Crippen LogP contribution in [0.2, 0.25) is 0 Å². The Morgan fingerprint density at radius 2 is 1.26 bits per heavy atom. The number of aryl methyl sites for hydroxylation is 3. The Labute approximate surface area is 245 Å². The summed E-state index contributed by atoms with van der Waals surface area (Å²) in [5.74, 6) is -0.0894. The molecule has 5 aromatic rings. The summed E-state index contributed by atoms with van der Waals surface area (Å²) in [5.41, 5.74) is 8.58. The Bertz CT molecular complexity index is 1760. The molecule has 0 saturated heterocycles. The van der Waals surface area contributed by atoms with Crippen LogP contribution in [0.1, 0.15) is 39.4 Å². The fourth-order valence-corrected chi connectivity index (χ4v) is 5.27. The number of benzene rings is 4. The number of para-hydroxylation sites is 2. The average molecular weight is 561 g/mol. The second kappa shape index (κ2) is 12.7. The van der Waals surface area contributed by atoms with Crippen molar-refractivity contribution in [3.05, 3.63) is 136 Å². The van der Waals surface area contributed by atoms with Gasteiger partial charge in [-0.1, -0.05) is 102 Å². The molecular formula is C35H36N4O3. The van der Waals surface area contributed by atoms with E-state index in [0.29, 0.717) is 25.1 Å². The van der Waals surface area contributed by atoms with Crippen LogP contribution in [-0.4, -0.2) is 32.8 Å². The summed E-state index contributed by atoms with van der Waals surface area (Å²) in [7, 11) is 0. The Morgan fingerprint density at radius 3 is 1.83 bits per heavy atom. The van der Waals surface area contributed by atoms with E-state index in [2.05, 4.69) is 34.6 Å². The van der Waals surface area contributed by atoms with Crippen molar-refractivity contribution in [3.63, 3.8) is 0 Å². The zero-order chi connectivity index (χ0) is 29.6. The van der Waals surface area contributed by atoms with Gasteiger partial charge >= 0.3 is 6.09 Å². The van der Waals surface area contributed by atoms with E-state index in [1.807, 2.05) is 103 Å². The summed E-state index contributed by atoms with van der Waals surface area (Å²) >= 11 is 0. The van der Waals surface area contributed by atoms with Crippen LogP contribution < -0.4 is 10.9 Å². The molecule has 1 unspecified atom stereocenters. The van der Waals surface area contributed by atoms with E-state index in [1.54, 1.807) is 0 Å². The summed E-state index contributed by atoms with van der Waals surface area (Å²) in [6.45, 7) is 6.87. The van der Waals surface area contributed by atoms with Crippen molar-refractivity contribution < 1.29 is 14.7 Å². The second-order valence-electron chi connectivity index (χ2n) is 10.9. The lowest BCUT2D eigenvalue weighted by atomic mass is 10.0. The Kier molecular flexibility index (Phi) is 8.67. The zero-order valence-corrected chi connectivity index (χ0v) is 24.2. The third kappa shape index (κ3) is 6.86. The molecule has 0 aliphatic carbocycles. The van der Waals surface area contributed by atoms with Crippen LogP contribution in [-0.2, 0) is 24.2 Å². The molecule has 5 rings (SSSR count). The number of carboxylic acid groups (broad SMARTS) is 1. The molecular weight excluding hydrogens is 524 g/mol. The number of carbonyl (C=O) groups is 2. The molecule has 0 radical (unpaired) electrons. The monoisotopic (exact) mass is 560 g/mol. The topological polar surface area (TPSA) is 88.6 Å². The number of imidazole rings is 1. The molecule has 4 aromatic carbocycles. The number of aromatic nitrogens is 2. The van der Waals surface area contributed by atoms with E-state index in [0.717, 1.165) is 44.4 Å². The van der Waals surface area contributed by atoms with Crippen LogP contribution in [0.15, 0.2) is 102 Å². The molecule has 2 N–H and O–H groups in total. The minimum absolute atomic E-state index is 0.0894. The lowest BCUT2D eigenvalue weighted by molar-refractivity contribution is -0.120. The smallest absolute Gasteiger partial charge is 0.434 e. The predicted octanol–water partition coefficient (Wildman–Crippen LogP) is 6.14. The summed E-state index contributed by atoms with van der Waals surface area (Å²) in [4.78, 5) is 29.3. The van der Waals surface area contributed by atoms with Crippen molar-refractivity contribution in [1.29, 1.82) is 0 Å². The summed E-state index contributed by atoms with van der Waals surface area (Å²) in [6, 6.07) is 32.0. The number of fused-ring (bicyclic) bond motifs is 1. The van der Waals surface area contributed by atoms with Gasteiger partial charge in [0, 0.05) is 6.54 Å². The van der Waals surface area contributed by atoms with Crippen LogP contribution in [0.3, 0.4) is 0 Å². The number of hydrogen-bond acceptors (Lipinski definition) is 2. The molecule has 1 atom stereocenters. The van der Waals surface area contributed by atoms with Crippen LogP contribution in [0.5, 0.6) is 0 Å². The number of amides is 2. The van der Waals surface area contributed by atoms with Gasteiger partial charge in [-0.2, -0.15) is 0 Å². The van der Waals surface area contributed by atoms with Gasteiger partial charge in [-0.05, 0) is 56.0 Å². The largest absolute Gasteiger partial charge is 0.463 e. The van der Waals surface area contributed by atoms with Gasteiger partial charge in [-0.15, -0.1) is 4.99 Å². The second-order valence-corrected chi connectivity index (χ2v) is 10.9. The van der Waals surface area contributed by atoms with Gasteiger partial charge in [-0.3, -0.25) is 4.79 Å². The average Bonchev–Trinajstić information content (AvgIpc) is 3.26. The standard InChI is InChI=1S/C35H36N4O3/c1-24-8-14-27(15-9-24)20-30(22-36-33(40)21-28-16-10-25(2)11-17-28)39-32-7-5-4-6-31(32)38(34(39)37-35(41)42)23-29-18-12-26(3)13-19-29/h4-19,30H,20-23H2,1-3H3,(H,36,40)(H,41,42)/b37-34-. The molecule has 42 heavy (non-hydrogen) atoms. The number of hydrogen-bond donors (Lipinski definition) is 2. The van der Waals surface area contributed by atoms with Crippen molar-refractivity contribution >= 4 is 23.0 Å². The van der Waals surface area contributed by atoms with Crippen LogP contribution in [0.4, 0.5) is 4.79 Å². The lowest BCUT2D eigenvalue weighted by Crippen LogP contribution is -2.38. The fraction of sp³-hybridized carbons (Fsp3) is 0.229. The van der Waals surface area contributed by atoms with E-state index in [9.17, 15) is 14.7 Å². The first-order valence-corrected chi connectivity index (χ1v) is 14.2. The van der Waals surface area contributed by atoms with E-state index in [4.69, 9.17) is 0 Å². The summed E-state index contributed by atoms with van der Waals surface area (Å²) in [5, 5.41) is 13.0. The molecule has 7 nitrogen and oxygen atoms in total. The molecule has 0 aliphatic rings. The minimum atomic E-state index is -1.27. The van der Waals surface area contributed by atoms with E-state index < -0.39 is 6.09 Å². The Balaban J connectivity index is 1.58. The maximum Gasteiger partial charge on any atom is 0.434 e. The highest BCUT2D eigenvalue weighted by atomic mass is 16.4. The van der Waals surface area contributed by atoms with E-state index >= 15 is 0 Å². The van der Waals surface area contributed by atoms with Crippen molar-refractivity contribution in [2.45, 2.75) is 46.2 Å². The van der Waals surface area contributed by atoms with E-state index in [-0.39, 0.29) is 18.4 Å². The van der Waals surface area contributed by atoms with Gasteiger partial charge in [-0.25, -0.2) is 4.79 Å². The van der Waals surface area contributed by atoms with E-state index in [1.165, 1.54) is 0 Å². The van der Waals surface area contributed by atoms with Gasteiger partial charge in [0.25, 0.3) is 0 Å². The minimum Gasteiger partial charge on any atom is -0.463 e. The third-order valence-corrected chi connectivity index (χ3v) is 7.52. The number of nitrogens with one attached hydrogen (secondary N) is 1. The highest BCUT2D eigenvalue weighted by Crippen LogP contribution is 2.22. The molecule has 0 spiro atoms. The highest BCUT2D eigenvalue weighted by molar-refractivity contribution is 5.79. The molecule has 214 valence electrons. The molecule has 0 aliphatic heterocycles. The first-order valence-electron chi connectivity index (χ1n) is 14.2.